The van der Waals surface area contributed by atoms with E-state index in [9.17, 15) is 14.7 Å². The molecule has 3 rings (SSSR count). The number of amides is 1. The van der Waals surface area contributed by atoms with Crippen molar-refractivity contribution in [3.05, 3.63) is 90.5 Å². The predicted octanol–water partition coefficient (Wildman–Crippen LogP) is 4.71. The van der Waals surface area contributed by atoms with Gasteiger partial charge in [-0.25, -0.2) is 0 Å². The van der Waals surface area contributed by atoms with E-state index in [1.807, 2.05) is 24.3 Å². The van der Waals surface area contributed by atoms with Crippen molar-refractivity contribution in [2.24, 2.45) is 0 Å². The highest BCUT2D eigenvalue weighted by Crippen LogP contribution is 2.40. The van der Waals surface area contributed by atoms with Crippen molar-refractivity contribution in [2.75, 3.05) is 31.1 Å². The van der Waals surface area contributed by atoms with Crippen LogP contribution in [0.3, 0.4) is 0 Å². The van der Waals surface area contributed by atoms with Crippen LogP contribution in [0.2, 0.25) is 0 Å². The number of ketones is 1. The summed E-state index contributed by atoms with van der Waals surface area (Å²) in [6.07, 6.45) is 3.22. The highest BCUT2D eigenvalue weighted by molar-refractivity contribution is 6.46. The molecule has 1 unspecified atom stereocenters. The van der Waals surface area contributed by atoms with Gasteiger partial charge < -0.3 is 19.6 Å². The maximum absolute atomic E-state index is 13.0. The van der Waals surface area contributed by atoms with Crippen molar-refractivity contribution >= 4 is 23.1 Å². The quantitative estimate of drug-likeness (QED) is 0.248. The second-order valence-electron chi connectivity index (χ2n) is 7.63. The highest BCUT2D eigenvalue weighted by atomic mass is 16.5. The topological polar surface area (TPSA) is 70.1 Å². The van der Waals surface area contributed by atoms with E-state index in [0.29, 0.717) is 17.9 Å². The Labute approximate surface area is 195 Å². The van der Waals surface area contributed by atoms with Gasteiger partial charge in [-0.1, -0.05) is 30.9 Å². The minimum Gasteiger partial charge on any atom is -0.507 e. The van der Waals surface area contributed by atoms with Crippen LogP contribution >= 0.6 is 0 Å². The zero-order valence-corrected chi connectivity index (χ0v) is 19.2. The number of carbonyl (C=O) groups excluding carboxylic acids is 2. The first kappa shape index (κ1) is 23.9. The molecule has 172 valence electrons. The zero-order valence-electron chi connectivity index (χ0n) is 19.2. The maximum Gasteiger partial charge on any atom is 0.295 e. The number of nitrogens with zero attached hydrogens (tertiary/aromatic N) is 2. The Balaban J connectivity index is 2.05. The number of benzene rings is 2. The predicted molar refractivity (Wildman–Crippen MR) is 131 cm³/mol. The summed E-state index contributed by atoms with van der Waals surface area (Å²) in [5, 5.41) is 11.1. The standard InChI is InChI=1S/C27H30N2O4/c1-5-17-29-24(19-9-13-21(14-10-19)28(7-3)8-4)23(26(31)27(29)32)25(30)20-11-15-22(16-12-20)33-18-6-2/h5-6,9-16,24,30H,1-2,7-8,17-18H2,3-4H3/b25-23-. The number of Topliss-reactive ketones (excluding diaryl/α,β-unsaturated/α-hetero) is 1. The molecule has 1 aliphatic heterocycles. The van der Waals surface area contributed by atoms with Gasteiger partial charge in [0.1, 0.15) is 18.1 Å². The molecule has 1 aliphatic rings. The van der Waals surface area contributed by atoms with Crippen LogP contribution in [0.15, 0.2) is 79.4 Å². The number of anilines is 1. The van der Waals surface area contributed by atoms with Gasteiger partial charge in [0.25, 0.3) is 11.7 Å². The Morgan fingerprint density at radius 2 is 1.67 bits per heavy atom. The van der Waals surface area contributed by atoms with Crippen LogP contribution in [0.1, 0.15) is 31.0 Å². The number of hydrogen-bond acceptors (Lipinski definition) is 5. The van der Waals surface area contributed by atoms with Crippen molar-refractivity contribution in [2.45, 2.75) is 19.9 Å². The molecule has 0 aromatic heterocycles. The molecule has 1 fully saturated rings. The molecule has 6 heteroatoms. The lowest BCUT2D eigenvalue weighted by Crippen LogP contribution is -2.29. The third-order valence-corrected chi connectivity index (χ3v) is 5.70. The number of aliphatic hydroxyl groups excluding tert-OH is 1. The first-order valence-corrected chi connectivity index (χ1v) is 11.0. The van der Waals surface area contributed by atoms with E-state index in [4.69, 9.17) is 4.74 Å². The van der Waals surface area contributed by atoms with Crippen LogP contribution in [0.5, 0.6) is 5.75 Å². The van der Waals surface area contributed by atoms with E-state index >= 15 is 0 Å². The van der Waals surface area contributed by atoms with Crippen LogP contribution in [-0.4, -0.2) is 47.9 Å². The highest BCUT2D eigenvalue weighted by Gasteiger charge is 2.45. The molecule has 2 aromatic carbocycles. The van der Waals surface area contributed by atoms with Gasteiger partial charge in [0.05, 0.1) is 11.6 Å². The Bertz CT molecular complexity index is 1050. The summed E-state index contributed by atoms with van der Waals surface area (Å²) in [5.41, 5.74) is 2.30. The number of aliphatic hydroxyl groups is 1. The molecule has 1 amide bonds. The molecule has 6 nitrogen and oxygen atoms in total. The number of ether oxygens (including phenoxy) is 1. The molecular weight excluding hydrogens is 416 g/mol. The summed E-state index contributed by atoms with van der Waals surface area (Å²) in [6.45, 7) is 13.8. The lowest BCUT2D eigenvalue weighted by atomic mass is 9.95. The number of likely N-dealkylation sites (tertiary alicyclic amines) is 1. The van der Waals surface area contributed by atoms with Gasteiger partial charge >= 0.3 is 0 Å². The van der Waals surface area contributed by atoms with Gasteiger partial charge in [-0.05, 0) is 55.8 Å². The van der Waals surface area contributed by atoms with Gasteiger partial charge in [-0.15, -0.1) is 6.58 Å². The van der Waals surface area contributed by atoms with E-state index in [-0.39, 0.29) is 17.9 Å². The molecule has 1 heterocycles. The Morgan fingerprint density at radius 1 is 1.03 bits per heavy atom. The molecule has 0 aliphatic carbocycles. The normalized spacial score (nSPS) is 17.2. The fourth-order valence-corrected chi connectivity index (χ4v) is 4.03. The molecule has 1 saturated heterocycles. The first-order chi connectivity index (χ1) is 16.0. The van der Waals surface area contributed by atoms with Gasteiger partial charge in [-0.3, -0.25) is 9.59 Å². The molecule has 0 saturated carbocycles. The maximum atomic E-state index is 13.0. The monoisotopic (exact) mass is 446 g/mol. The van der Waals surface area contributed by atoms with Gasteiger partial charge in [-0.2, -0.15) is 0 Å². The van der Waals surface area contributed by atoms with Crippen molar-refractivity contribution in [3.8, 4) is 5.75 Å². The SMILES string of the molecule is C=CCOc1ccc(/C(O)=C2/C(=O)C(=O)N(CC=C)C2c2ccc(N(CC)CC)cc2)cc1. The van der Waals surface area contributed by atoms with Crippen LogP contribution in [0.25, 0.3) is 5.76 Å². The van der Waals surface area contributed by atoms with Gasteiger partial charge in [0.2, 0.25) is 0 Å². The van der Waals surface area contributed by atoms with Crippen LogP contribution in [0.4, 0.5) is 5.69 Å². The van der Waals surface area contributed by atoms with Crippen LogP contribution in [0, 0.1) is 0 Å². The molecule has 33 heavy (non-hydrogen) atoms. The third-order valence-electron chi connectivity index (χ3n) is 5.70. The average molecular weight is 447 g/mol. The average Bonchev–Trinajstić information content (AvgIpc) is 3.09. The first-order valence-electron chi connectivity index (χ1n) is 11.0. The fourth-order valence-electron chi connectivity index (χ4n) is 4.03. The van der Waals surface area contributed by atoms with Crippen molar-refractivity contribution in [1.82, 2.24) is 4.90 Å². The van der Waals surface area contributed by atoms with E-state index in [2.05, 4.69) is 31.9 Å². The molecule has 2 aromatic rings. The van der Waals surface area contributed by atoms with Gasteiger partial charge in [0, 0.05) is 30.9 Å². The minimum absolute atomic E-state index is 0.0669. The summed E-state index contributed by atoms with van der Waals surface area (Å²) in [6, 6.07) is 13.8. The fraction of sp³-hybridized carbons (Fsp3) is 0.259. The number of carbonyl (C=O) groups is 2. The van der Waals surface area contributed by atoms with Crippen molar-refractivity contribution in [1.29, 1.82) is 0 Å². The number of rotatable bonds is 10. The molecule has 1 atom stereocenters. The lowest BCUT2D eigenvalue weighted by molar-refractivity contribution is -0.139. The second-order valence-corrected chi connectivity index (χ2v) is 7.63. The third kappa shape index (κ3) is 4.85. The lowest BCUT2D eigenvalue weighted by Gasteiger charge is -2.26. The van der Waals surface area contributed by atoms with Crippen LogP contribution in [-0.2, 0) is 9.59 Å². The molecule has 0 bridgehead atoms. The van der Waals surface area contributed by atoms with E-state index in [0.717, 1.165) is 24.3 Å². The summed E-state index contributed by atoms with van der Waals surface area (Å²) in [5.74, 6) is -0.963. The van der Waals surface area contributed by atoms with Crippen molar-refractivity contribution in [3.63, 3.8) is 0 Å². The molecule has 0 spiro atoms. The van der Waals surface area contributed by atoms with Crippen molar-refractivity contribution < 1.29 is 19.4 Å². The summed E-state index contributed by atoms with van der Waals surface area (Å²) in [4.78, 5) is 29.4. The van der Waals surface area contributed by atoms with E-state index in [1.165, 1.54) is 4.90 Å². The Hall–Kier alpha value is -3.80. The molecule has 1 N–H and O–H groups in total. The van der Waals surface area contributed by atoms with E-state index in [1.54, 1.807) is 36.4 Å². The smallest absolute Gasteiger partial charge is 0.295 e. The zero-order chi connectivity index (χ0) is 24.0. The molecular formula is C27H30N2O4. The van der Waals surface area contributed by atoms with Crippen LogP contribution < -0.4 is 9.64 Å². The second kappa shape index (κ2) is 10.7. The molecule has 0 radical (unpaired) electrons. The summed E-state index contributed by atoms with van der Waals surface area (Å²) >= 11 is 0. The Morgan fingerprint density at radius 3 is 2.21 bits per heavy atom. The minimum atomic E-state index is -0.709. The van der Waals surface area contributed by atoms with Gasteiger partial charge in [0.15, 0.2) is 0 Å². The largest absolute Gasteiger partial charge is 0.507 e. The summed E-state index contributed by atoms with van der Waals surface area (Å²) in [7, 11) is 0. The number of hydrogen-bond donors (Lipinski definition) is 1. The Kier molecular flexibility index (Phi) is 7.72. The van der Waals surface area contributed by atoms with E-state index < -0.39 is 17.7 Å². The summed E-state index contributed by atoms with van der Waals surface area (Å²) < 4.78 is 5.48.